The average molecular weight is 296 g/mol. The summed E-state index contributed by atoms with van der Waals surface area (Å²) < 4.78 is 0. The van der Waals surface area contributed by atoms with E-state index in [9.17, 15) is 0 Å². The van der Waals surface area contributed by atoms with Crippen LogP contribution in [0.1, 0.15) is 27.6 Å². The molecule has 2 rings (SSSR count). The van der Waals surface area contributed by atoms with E-state index in [0.717, 1.165) is 6.54 Å². The van der Waals surface area contributed by atoms with Crippen LogP contribution in [0.15, 0.2) is 29.6 Å². The first kappa shape index (κ1) is 13.5. The predicted molar refractivity (Wildman–Crippen MR) is 84.4 cm³/mol. The molecule has 0 spiro atoms. The summed E-state index contributed by atoms with van der Waals surface area (Å²) in [4.78, 5) is 3.93. The van der Waals surface area contributed by atoms with Gasteiger partial charge in [0.05, 0.1) is 12.6 Å². The maximum Gasteiger partial charge on any atom is 0.167 e. The van der Waals surface area contributed by atoms with E-state index in [4.69, 9.17) is 12.2 Å². The Labute approximate surface area is 121 Å². The molecule has 0 aliphatic heterocycles. The molecule has 0 fully saturated rings. The van der Waals surface area contributed by atoms with E-state index in [1.54, 1.807) is 22.7 Å². The van der Waals surface area contributed by atoms with Crippen LogP contribution >= 0.6 is 34.9 Å². The molecule has 0 aliphatic rings. The Morgan fingerprint density at radius 2 is 2.22 bits per heavy atom. The van der Waals surface area contributed by atoms with Crippen molar-refractivity contribution >= 4 is 40.0 Å². The zero-order valence-electron chi connectivity index (χ0n) is 10.4. The van der Waals surface area contributed by atoms with Gasteiger partial charge in [0.2, 0.25) is 0 Å². The van der Waals surface area contributed by atoms with E-state index in [1.165, 1.54) is 14.6 Å². The predicted octanol–water partition coefficient (Wildman–Crippen LogP) is 3.84. The zero-order valence-corrected chi connectivity index (χ0v) is 12.8. The van der Waals surface area contributed by atoms with Gasteiger partial charge in [0.15, 0.2) is 5.11 Å². The Hall–Kier alpha value is -0.910. The molecule has 2 N–H and O–H groups in total. The number of thiocarbonyl (C=S) groups is 1. The summed E-state index contributed by atoms with van der Waals surface area (Å²) in [5.41, 5.74) is 0. The van der Waals surface area contributed by atoms with E-state index in [-0.39, 0.29) is 6.04 Å². The highest BCUT2D eigenvalue weighted by Gasteiger charge is 2.08. The molecular weight excluding hydrogens is 280 g/mol. The molecule has 2 nitrogen and oxygen atoms in total. The highest BCUT2D eigenvalue weighted by atomic mass is 32.1. The summed E-state index contributed by atoms with van der Waals surface area (Å²) >= 11 is 8.84. The van der Waals surface area contributed by atoms with Gasteiger partial charge in [0.1, 0.15) is 0 Å². The Balaban J connectivity index is 1.80. The Morgan fingerprint density at radius 1 is 1.39 bits per heavy atom. The Bertz CT molecular complexity index is 502. The van der Waals surface area contributed by atoms with Crippen molar-refractivity contribution in [2.75, 3.05) is 0 Å². The van der Waals surface area contributed by atoms with Crippen LogP contribution in [0.25, 0.3) is 0 Å². The Morgan fingerprint density at radius 3 is 2.83 bits per heavy atom. The van der Waals surface area contributed by atoms with Crippen LogP contribution in [-0.2, 0) is 6.54 Å². The molecule has 0 saturated carbocycles. The highest BCUT2D eigenvalue weighted by molar-refractivity contribution is 7.80. The van der Waals surface area contributed by atoms with E-state index >= 15 is 0 Å². The minimum atomic E-state index is 0.257. The van der Waals surface area contributed by atoms with Gasteiger partial charge in [0.25, 0.3) is 0 Å². The fraction of sp³-hybridized carbons (Fsp3) is 0.308. The third kappa shape index (κ3) is 3.80. The summed E-state index contributed by atoms with van der Waals surface area (Å²) in [6.07, 6.45) is 0. The van der Waals surface area contributed by atoms with Gasteiger partial charge in [-0.25, -0.2) is 0 Å². The smallest absolute Gasteiger partial charge is 0.167 e. The number of aryl methyl sites for hydroxylation is 1. The number of thiophene rings is 2. The standard InChI is InChI=1S/C13H16N2S3/c1-9-5-6-12(18-9)10(2)15-13(16)14-8-11-4-3-7-17-11/h3-7,10H,8H2,1-2H3,(H2,14,15,16)/t10-/m0/s1. The lowest BCUT2D eigenvalue weighted by Gasteiger charge is -2.15. The second kappa shape index (κ2) is 6.31. The molecular formula is C13H16N2S3. The van der Waals surface area contributed by atoms with E-state index in [0.29, 0.717) is 5.11 Å². The summed E-state index contributed by atoms with van der Waals surface area (Å²) in [7, 11) is 0. The molecule has 0 aliphatic carbocycles. The van der Waals surface area contributed by atoms with Crippen LogP contribution in [0, 0.1) is 6.92 Å². The lowest BCUT2D eigenvalue weighted by molar-refractivity contribution is 0.711. The number of hydrogen-bond donors (Lipinski definition) is 2. The quantitative estimate of drug-likeness (QED) is 0.838. The molecule has 2 aromatic rings. The number of nitrogens with one attached hydrogen (secondary N) is 2. The van der Waals surface area contributed by atoms with Gasteiger partial charge in [-0.1, -0.05) is 6.07 Å². The molecule has 0 amide bonds. The summed E-state index contributed by atoms with van der Waals surface area (Å²) in [6.45, 7) is 5.04. The molecule has 2 aromatic heterocycles. The largest absolute Gasteiger partial charge is 0.358 e. The first-order valence-corrected chi connectivity index (χ1v) is 7.88. The van der Waals surface area contributed by atoms with Gasteiger partial charge in [-0.3, -0.25) is 0 Å². The second-order valence-electron chi connectivity index (χ2n) is 4.08. The fourth-order valence-corrected chi connectivity index (χ4v) is 3.36. The first-order chi connectivity index (χ1) is 8.65. The van der Waals surface area contributed by atoms with E-state index in [1.807, 2.05) is 0 Å². The van der Waals surface area contributed by atoms with Crippen molar-refractivity contribution < 1.29 is 0 Å². The fourth-order valence-electron chi connectivity index (χ4n) is 1.59. The summed E-state index contributed by atoms with van der Waals surface area (Å²) in [5, 5.41) is 9.32. The monoisotopic (exact) mass is 296 g/mol. The number of hydrogen-bond acceptors (Lipinski definition) is 3. The van der Waals surface area contributed by atoms with Crippen LogP contribution in [0.2, 0.25) is 0 Å². The summed E-state index contributed by atoms with van der Waals surface area (Å²) in [6, 6.07) is 8.70. The number of rotatable bonds is 4. The zero-order chi connectivity index (χ0) is 13.0. The molecule has 0 aromatic carbocycles. The van der Waals surface area contributed by atoms with Gasteiger partial charge >= 0.3 is 0 Å². The van der Waals surface area contributed by atoms with Crippen molar-refractivity contribution in [3.05, 3.63) is 44.3 Å². The van der Waals surface area contributed by atoms with Crippen molar-refractivity contribution in [3.8, 4) is 0 Å². The SMILES string of the molecule is Cc1ccc([C@H](C)NC(=S)NCc2cccs2)s1. The maximum absolute atomic E-state index is 5.30. The van der Waals surface area contributed by atoms with E-state index in [2.05, 4.69) is 54.1 Å². The van der Waals surface area contributed by atoms with E-state index < -0.39 is 0 Å². The van der Waals surface area contributed by atoms with Crippen molar-refractivity contribution in [2.24, 2.45) is 0 Å². The van der Waals surface area contributed by atoms with Crippen LogP contribution in [0.4, 0.5) is 0 Å². The van der Waals surface area contributed by atoms with Crippen LogP contribution in [0.3, 0.4) is 0 Å². The molecule has 0 bridgehead atoms. The van der Waals surface area contributed by atoms with Gasteiger partial charge < -0.3 is 10.6 Å². The van der Waals surface area contributed by atoms with Crippen molar-refractivity contribution in [2.45, 2.75) is 26.4 Å². The third-order valence-corrected chi connectivity index (χ3v) is 4.86. The van der Waals surface area contributed by atoms with Gasteiger partial charge in [0, 0.05) is 14.6 Å². The molecule has 2 heterocycles. The normalized spacial score (nSPS) is 12.1. The Kier molecular flexibility index (Phi) is 4.74. The van der Waals surface area contributed by atoms with Crippen molar-refractivity contribution in [1.29, 1.82) is 0 Å². The van der Waals surface area contributed by atoms with Crippen molar-refractivity contribution in [1.82, 2.24) is 10.6 Å². The van der Waals surface area contributed by atoms with Crippen LogP contribution < -0.4 is 10.6 Å². The molecule has 18 heavy (non-hydrogen) atoms. The molecule has 1 atom stereocenters. The molecule has 5 heteroatoms. The minimum absolute atomic E-state index is 0.257. The minimum Gasteiger partial charge on any atom is -0.358 e. The third-order valence-electron chi connectivity index (χ3n) is 2.54. The van der Waals surface area contributed by atoms with Crippen LogP contribution in [-0.4, -0.2) is 5.11 Å². The summed E-state index contributed by atoms with van der Waals surface area (Å²) in [5.74, 6) is 0. The van der Waals surface area contributed by atoms with Gasteiger partial charge in [-0.05, 0) is 49.6 Å². The molecule has 0 unspecified atom stereocenters. The molecule has 0 radical (unpaired) electrons. The van der Waals surface area contributed by atoms with Gasteiger partial charge in [-0.15, -0.1) is 22.7 Å². The topological polar surface area (TPSA) is 24.1 Å². The first-order valence-electron chi connectivity index (χ1n) is 5.78. The van der Waals surface area contributed by atoms with Crippen LogP contribution in [0.5, 0.6) is 0 Å². The lowest BCUT2D eigenvalue weighted by Crippen LogP contribution is -2.35. The van der Waals surface area contributed by atoms with Crippen molar-refractivity contribution in [3.63, 3.8) is 0 Å². The van der Waals surface area contributed by atoms with Gasteiger partial charge in [-0.2, -0.15) is 0 Å². The second-order valence-corrected chi connectivity index (χ2v) is 6.84. The molecule has 0 saturated heterocycles. The maximum atomic E-state index is 5.30. The highest BCUT2D eigenvalue weighted by Crippen LogP contribution is 2.22. The molecule has 96 valence electrons. The lowest BCUT2D eigenvalue weighted by atomic mass is 10.3. The average Bonchev–Trinajstić information content (AvgIpc) is 2.97.